The predicted molar refractivity (Wildman–Crippen MR) is 113 cm³/mol. The molecule has 0 radical (unpaired) electrons. The van der Waals surface area contributed by atoms with Crippen molar-refractivity contribution in [1.29, 1.82) is 0 Å². The summed E-state index contributed by atoms with van der Waals surface area (Å²) in [6.45, 7) is 11.5. The van der Waals surface area contributed by atoms with Gasteiger partial charge in [-0.1, -0.05) is 91.9 Å². The summed E-state index contributed by atoms with van der Waals surface area (Å²) in [5, 5.41) is 2.86. The van der Waals surface area contributed by atoms with Crippen LogP contribution in [0.1, 0.15) is 26.3 Å². The second kappa shape index (κ2) is 7.49. The second-order valence-electron chi connectivity index (χ2n) is 7.58. The molecule has 124 valence electrons. The average molecular weight is 438 g/mol. The number of benzene rings is 2. The van der Waals surface area contributed by atoms with Crippen molar-refractivity contribution in [2.45, 2.75) is 51.4 Å². The van der Waals surface area contributed by atoms with Gasteiger partial charge in [0.25, 0.3) is 0 Å². The third-order valence-corrected chi connectivity index (χ3v) is 9.76. The molecule has 1 atom stereocenters. The first-order valence-corrected chi connectivity index (χ1v) is 12.3. The zero-order chi connectivity index (χ0) is 17.1. The molecule has 0 aliphatic carbocycles. The van der Waals surface area contributed by atoms with E-state index in [0.717, 1.165) is 6.42 Å². The number of fused-ring (bicyclic) bond motifs is 1. The summed E-state index contributed by atoms with van der Waals surface area (Å²) in [4.78, 5) is 0. The molecule has 0 saturated heterocycles. The Labute approximate surface area is 155 Å². The number of rotatable bonds is 5. The van der Waals surface area contributed by atoms with E-state index in [9.17, 15) is 0 Å². The van der Waals surface area contributed by atoms with Crippen molar-refractivity contribution in [2.24, 2.45) is 0 Å². The largest absolute Gasteiger partial charge is 0.410 e. The summed E-state index contributed by atoms with van der Waals surface area (Å²) in [5.74, 6) is 0. The Bertz CT molecular complexity index is 680. The molecule has 2 aromatic carbocycles. The normalized spacial score (nSPS) is 14.5. The maximum Gasteiger partial charge on any atom is 0.192 e. The van der Waals surface area contributed by atoms with Crippen molar-refractivity contribution in [3.8, 4) is 0 Å². The first-order chi connectivity index (χ1) is 10.7. The zero-order valence-electron chi connectivity index (χ0n) is 14.8. The molecule has 0 bridgehead atoms. The van der Waals surface area contributed by atoms with Gasteiger partial charge in [0.05, 0.1) is 6.10 Å². The standard InChI is InChI=1S/C20H27IOSi/c1-20(2,3)23(4,5)22-18(13-14-21)15-17-11-8-10-16-9-6-7-12-19(16)17/h6-14,18H,15H2,1-5H3/b14-13+/t18-/m1/s1. The molecule has 0 heterocycles. The van der Waals surface area contributed by atoms with E-state index in [1.807, 2.05) is 0 Å². The lowest BCUT2D eigenvalue weighted by Crippen LogP contribution is -2.44. The van der Waals surface area contributed by atoms with Crippen LogP contribution in [-0.2, 0) is 10.8 Å². The van der Waals surface area contributed by atoms with Gasteiger partial charge in [0.2, 0.25) is 0 Å². The molecule has 0 aromatic heterocycles. The molecule has 2 aromatic rings. The first kappa shape index (κ1) is 18.7. The molecular weight excluding hydrogens is 411 g/mol. The summed E-state index contributed by atoms with van der Waals surface area (Å²) < 4.78 is 8.73. The highest BCUT2D eigenvalue weighted by Crippen LogP contribution is 2.38. The number of hydrogen-bond acceptors (Lipinski definition) is 1. The van der Waals surface area contributed by atoms with Crippen LogP contribution in [0.3, 0.4) is 0 Å². The van der Waals surface area contributed by atoms with Gasteiger partial charge in [0.15, 0.2) is 8.32 Å². The summed E-state index contributed by atoms with van der Waals surface area (Å²) in [6, 6.07) is 15.2. The van der Waals surface area contributed by atoms with Gasteiger partial charge < -0.3 is 4.43 Å². The minimum absolute atomic E-state index is 0.138. The Kier molecular flexibility index (Phi) is 6.08. The maximum absolute atomic E-state index is 6.64. The van der Waals surface area contributed by atoms with Crippen LogP contribution in [0.25, 0.3) is 10.8 Å². The Morgan fingerprint density at radius 3 is 2.39 bits per heavy atom. The van der Waals surface area contributed by atoms with E-state index in [4.69, 9.17) is 4.43 Å². The van der Waals surface area contributed by atoms with Gasteiger partial charge in [-0.15, -0.1) is 0 Å². The van der Waals surface area contributed by atoms with Gasteiger partial charge in [0.1, 0.15) is 0 Å². The molecule has 0 spiro atoms. The molecule has 0 unspecified atom stereocenters. The molecule has 0 saturated carbocycles. The van der Waals surface area contributed by atoms with E-state index in [1.165, 1.54) is 16.3 Å². The molecule has 0 aliphatic rings. The van der Waals surface area contributed by atoms with Crippen molar-refractivity contribution in [3.63, 3.8) is 0 Å². The van der Waals surface area contributed by atoms with E-state index >= 15 is 0 Å². The van der Waals surface area contributed by atoms with Gasteiger partial charge >= 0.3 is 0 Å². The summed E-state index contributed by atoms with van der Waals surface area (Å²) in [5.41, 5.74) is 1.36. The summed E-state index contributed by atoms with van der Waals surface area (Å²) in [6.07, 6.45) is 3.26. The minimum atomic E-state index is -1.78. The third-order valence-electron chi connectivity index (χ3n) is 4.84. The molecule has 0 fully saturated rings. The molecule has 0 amide bonds. The highest BCUT2D eigenvalue weighted by molar-refractivity contribution is 14.1. The second-order valence-corrected chi connectivity index (χ2v) is 13.1. The summed E-state index contributed by atoms with van der Waals surface area (Å²) in [7, 11) is -1.78. The molecule has 3 heteroatoms. The highest BCUT2D eigenvalue weighted by atomic mass is 127. The van der Waals surface area contributed by atoms with E-state index in [-0.39, 0.29) is 11.1 Å². The highest BCUT2D eigenvalue weighted by Gasteiger charge is 2.38. The van der Waals surface area contributed by atoms with E-state index in [0.29, 0.717) is 0 Å². The smallest absolute Gasteiger partial charge is 0.192 e. The zero-order valence-corrected chi connectivity index (χ0v) is 17.9. The van der Waals surface area contributed by atoms with Crippen molar-refractivity contribution in [2.75, 3.05) is 0 Å². The molecule has 2 rings (SSSR count). The van der Waals surface area contributed by atoms with Gasteiger partial charge in [-0.2, -0.15) is 0 Å². The Morgan fingerprint density at radius 2 is 1.74 bits per heavy atom. The van der Waals surface area contributed by atoms with Crippen LogP contribution in [0.4, 0.5) is 0 Å². The fourth-order valence-corrected chi connectivity index (χ4v) is 4.21. The van der Waals surface area contributed by atoms with Crippen LogP contribution in [-0.4, -0.2) is 14.4 Å². The van der Waals surface area contributed by atoms with E-state index < -0.39 is 8.32 Å². The Hall–Kier alpha value is -0.653. The van der Waals surface area contributed by atoms with Gasteiger partial charge in [-0.3, -0.25) is 0 Å². The quantitative estimate of drug-likeness (QED) is 0.372. The lowest BCUT2D eigenvalue weighted by molar-refractivity contribution is 0.226. The first-order valence-electron chi connectivity index (χ1n) is 8.16. The fourth-order valence-electron chi connectivity index (χ4n) is 2.47. The van der Waals surface area contributed by atoms with E-state index in [2.05, 4.69) is 109 Å². The van der Waals surface area contributed by atoms with Crippen molar-refractivity contribution >= 4 is 41.7 Å². The van der Waals surface area contributed by atoms with Crippen molar-refractivity contribution in [1.82, 2.24) is 0 Å². The molecule has 0 N–H and O–H groups in total. The van der Waals surface area contributed by atoms with Crippen LogP contribution in [0.15, 0.2) is 52.6 Å². The van der Waals surface area contributed by atoms with Crippen LogP contribution in [0.5, 0.6) is 0 Å². The Balaban J connectivity index is 2.29. The van der Waals surface area contributed by atoms with Crippen LogP contribution in [0.2, 0.25) is 18.1 Å². The minimum Gasteiger partial charge on any atom is -0.410 e. The van der Waals surface area contributed by atoms with Gasteiger partial charge in [-0.25, -0.2) is 0 Å². The lowest BCUT2D eigenvalue weighted by Gasteiger charge is -2.38. The summed E-state index contributed by atoms with van der Waals surface area (Å²) >= 11 is 2.29. The molecular formula is C20H27IOSi. The lowest BCUT2D eigenvalue weighted by atomic mass is 10.00. The van der Waals surface area contributed by atoms with Crippen LogP contribution in [0, 0.1) is 0 Å². The number of halogens is 1. The van der Waals surface area contributed by atoms with Crippen LogP contribution < -0.4 is 0 Å². The SMILES string of the molecule is CC(C)(C)[Si](C)(C)O[C@H](/C=C/I)Cc1cccc2ccccc12. The topological polar surface area (TPSA) is 9.23 Å². The van der Waals surface area contributed by atoms with E-state index in [1.54, 1.807) is 0 Å². The number of hydrogen-bond donors (Lipinski definition) is 0. The maximum atomic E-state index is 6.64. The fraction of sp³-hybridized carbons (Fsp3) is 0.400. The van der Waals surface area contributed by atoms with Crippen LogP contribution >= 0.6 is 22.6 Å². The van der Waals surface area contributed by atoms with Crippen molar-refractivity contribution in [3.05, 3.63) is 58.2 Å². The van der Waals surface area contributed by atoms with Crippen molar-refractivity contribution < 1.29 is 4.43 Å². The van der Waals surface area contributed by atoms with Gasteiger partial charge in [-0.05, 0) is 38.6 Å². The Morgan fingerprint density at radius 1 is 1.09 bits per heavy atom. The predicted octanol–water partition coefficient (Wildman–Crippen LogP) is 6.72. The molecule has 23 heavy (non-hydrogen) atoms. The molecule has 0 aliphatic heterocycles. The monoisotopic (exact) mass is 438 g/mol. The third kappa shape index (κ3) is 4.67. The average Bonchev–Trinajstić information content (AvgIpc) is 2.46. The molecule has 1 nitrogen and oxygen atoms in total. The van der Waals surface area contributed by atoms with Gasteiger partial charge in [0, 0.05) is 6.42 Å².